The standard InChI is InChI=1S/C10H13F3N2.ClH/c11-7-5-9(13)8(12)4-6(7)10(15)2-1-3-14;/h4-5,10H,1-3,14-15H2;1H/t10-;/m0./s1. The smallest absolute Gasteiger partial charge is 0.161 e. The third kappa shape index (κ3) is 3.66. The van der Waals surface area contributed by atoms with Crippen molar-refractivity contribution in [3.05, 3.63) is 35.1 Å². The van der Waals surface area contributed by atoms with Crippen LogP contribution in [0.4, 0.5) is 13.2 Å². The predicted molar refractivity (Wildman–Crippen MR) is 58.8 cm³/mol. The highest BCUT2D eigenvalue weighted by Crippen LogP contribution is 2.21. The lowest BCUT2D eigenvalue weighted by molar-refractivity contribution is 0.480. The van der Waals surface area contributed by atoms with Crippen LogP contribution in [0, 0.1) is 17.5 Å². The lowest BCUT2D eigenvalue weighted by Gasteiger charge is -2.12. The largest absolute Gasteiger partial charge is 0.330 e. The molecule has 0 radical (unpaired) electrons. The summed E-state index contributed by atoms with van der Waals surface area (Å²) < 4.78 is 38.6. The first-order valence-electron chi connectivity index (χ1n) is 4.66. The van der Waals surface area contributed by atoms with Gasteiger partial charge in [0.05, 0.1) is 0 Å². The maximum absolute atomic E-state index is 13.2. The summed E-state index contributed by atoms with van der Waals surface area (Å²) in [5.74, 6) is -3.12. The van der Waals surface area contributed by atoms with Crippen molar-refractivity contribution in [2.24, 2.45) is 11.5 Å². The van der Waals surface area contributed by atoms with Crippen molar-refractivity contribution < 1.29 is 13.2 Å². The van der Waals surface area contributed by atoms with Gasteiger partial charge in [-0.2, -0.15) is 0 Å². The molecule has 16 heavy (non-hydrogen) atoms. The zero-order chi connectivity index (χ0) is 11.4. The molecule has 0 saturated carbocycles. The molecule has 0 unspecified atom stereocenters. The van der Waals surface area contributed by atoms with Crippen LogP contribution < -0.4 is 11.5 Å². The number of hydrogen-bond acceptors (Lipinski definition) is 2. The number of rotatable bonds is 4. The second kappa shape index (κ2) is 6.73. The van der Waals surface area contributed by atoms with E-state index in [9.17, 15) is 13.2 Å². The summed E-state index contributed by atoms with van der Waals surface area (Å²) in [6.45, 7) is 0.430. The quantitative estimate of drug-likeness (QED) is 0.810. The van der Waals surface area contributed by atoms with Crippen molar-refractivity contribution in [1.82, 2.24) is 0 Å². The molecule has 0 spiro atoms. The first-order chi connectivity index (χ1) is 7.06. The molecule has 2 nitrogen and oxygen atoms in total. The molecule has 0 heterocycles. The van der Waals surface area contributed by atoms with Gasteiger partial charge in [0.25, 0.3) is 0 Å². The minimum absolute atomic E-state index is 0. The van der Waals surface area contributed by atoms with Crippen molar-refractivity contribution >= 4 is 12.4 Å². The Hall–Kier alpha value is -0.780. The normalized spacial score (nSPS) is 12.1. The summed E-state index contributed by atoms with van der Waals surface area (Å²) in [5, 5.41) is 0. The van der Waals surface area contributed by atoms with Crippen LogP contribution in [0.2, 0.25) is 0 Å². The predicted octanol–water partition coefficient (Wildman–Crippen LogP) is 2.26. The maximum atomic E-state index is 13.2. The fourth-order valence-corrected chi connectivity index (χ4v) is 1.32. The lowest BCUT2D eigenvalue weighted by Crippen LogP contribution is -2.14. The Morgan fingerprint density at radius 3 is 2.19 bits per heavy atom. The molecule has 1 aromatic carbocycles. The first-order valence-corrected chi connectivity index (χ1v) is 4.66. The van der Waals surface area contributed by atoms with E-state index < -0.39 is 23.5 Å². The summed E-state index contributed by atoms with van der Waals surface area (Å²) in [7, 11) is 0. The van der Waals surface area contributed by atoms with Gasteiger partial charge in [0.2, 0.25) is 0 Å². The maximum Gasteiger partial charge on any atom is 0.161 e. The SMILES string of the molecule is Cl.NCCC[C@H](N)c1cc(F)c(F)cc1F. The Balaban J connectivity index is 0.00000225. The summed E-state index contributed by atoms with van der Waals surface area (Å²) in [5.41, 5.74) is 10.9. The van der Waals surface area contributed by atoms with Crippen LogP contribution in [0.15, 0.2) is 12.1 Å². The van der Waals surface area contributed by atoms with Crippen LogP contribution in [-0.2, 0) is 0 Å². The molecule has 1 atom stereocenters. The topological polar surface area (TPSA) is 52.0 Å². The molecule has 0 amide bonds. The van der Waals surface area contributed by atoms with E-state index in [1.807, 2.05) is 0 Å². The molecule has 0 aliphatic carbocycles. The number of benzene rings is 1. The van der Waals surface area contributed by atoms with E-state index in [2.05, 4.69) is 0 Å². The van der Waals surface area contributed by atoms with Gasteiger partial charge < -0.3 is 11.5 Å². The van der Waals surface area contributed by atoms with E-state index in [1.165, 1.54) is 0 Å². The Kier molecular flexibility index (Phi) is 6.40. The van der Waals surface area contributed by atoms with E-state index in [1.54, 1.807) is 0 Å². The Morgan fingerprint density at radius 2 is 1.62 bits per heavy atom. The van der Waals surface area contributed by atoms with Gasteiger partial charge in [-0.3, -0.25) is 0 Å². The average Bonchev–Trinajstić information content (AvgIpc) is 2.20. The molecule has 92 valence electrons. The van der Waals surface area contributed by atoms with E-state index in [4.69, 9.17) is 11.5 Å². The van der Waals surface area contributed by atoms with E-state index in [-0.39, 0.29) is 18.0 Å². The van der Waals surface area contributed by atoms with Gasteiger partial charge >= 0.3 is 0 Å². The molecule has 0 aliphatic rings. The number of nitrogens with two attached hydrogens (primary N) is 2. The third-order valence-corrected chi connectivity index (χ3v) is 2.16. The number of halogens is 4. The number of hydrogen-bond donors (Lipinski definition) is 2. The molecule has 0 aromatic heterocycles. The third-order valence-electron chi connectivity index (χ3n) is 2.16. The Labute approximate surface area is 98.2 Å². The van der Waals surface area contributed by atoms with E-state index >= 15 is 0 Å². The molecule has 6 heteroatoms. The average molecular weight is 255 g/mol. The van der Waals surface area contributed by atoms with Crippen LogP contribution >= 0.6 is 12.4 Å². The van der Waals surface area contributed by atoms with Crippen LogP contribution in [0.1, 0.15) is 24.4 Å². The highest BCUT2D eigenvalue weighted by atomic mass is 35.5. The second-order valence-electron chi connectivity index (χ2n) is 3.33. The minimum atomic E-state index is -1.21. The highest BCUT2D eigenvalue weighted by molar-refractivity contribution is 5.85. The van der Waals surface area contributed by atoms with Crippen LogP contribution in [0.3, 0.4) is 0 Å². The van der Waals surface area contributed by atoms with Crippen molar-refractivity contribution in [1.29, 1.82) is 0 Å². The summed E-state index contributed by atoms with van der Waals surface area (Å²) >= 11 is 0. The molecule has 0 bridgehead atoms. The zero-order valence-corrected chi connectivity index (χ0v) is 9.37. The molecule has 0 fully saturated rings. The first kappa shape index (κ1) is 15.2. The molecular weight excluding hydrogens is 241 g/mol. The van der Waals surface area contributed by atoms with Gasteiger partial charge in [-0.1, -0.05) is 0 Å². The van der Waals surface area contributed by atoms with Gasteiger partial charge in [-0.25, -0.2) is 13.2 Å². The minimum Gasteiger partial charge on any atom is -0.330 e. The second-order valence-corrected chi connectivity index (χ2v) is 3.33. The van der Waals surface area contributed by atoms with Gasteiger partial charge in [0, 0.05) is 17.7 Å². The van der Waals surface area contributed by atoms with Gasteiger partial charge in [0.1, 0.15) is 5.82 Å². The molecule has 0 aliphatic heterocycles. The van der Waals surface area contributed by atoms with Gasteiger partial charge in [-0.15, -0.1) is 12.4 Å². The van der Waals surface area contributed by atoms with E-state index in [0.717, 1.165) is 6.07 Å². The fraction of sp³-hybridized carbons (Fsp3) is 0.400. The molecule has 1 aromatic rings. The molecule has 4 N–H and O–H groups in total. The Morgan fingerprint density at radius 1 is 1.06 bits per heavy atom. The van der Waals surface area contributed by atoms with Crippen molar-refractivity contribution in [3.63, 3.8) is 0 Å². The summed E-state index contributed by atoms with van der Waals surface area (Å²) in [6, 6.07) is 0.655. The van der Waals surface area contributed by atoms with Crippen molar-refractivity contribution in [2.45, 2.75) is 18.9 Å². The highest BCUT2D eigenvalue weighted by Gasteiger charge is 2.15. The molecular formula is C10H14ClF3N2. The van der Waals surface area contributed by atoms with Gasteiger partial charge in [-0.05, 0) is 25.5 Å². The van der Waals surface area contributed by atoms with Gasteiger partial charge in [0.15, 0.2) is 11.6 Å². The van der Waals surface area contributed by atoms with Crippen molar-refractivity contribution in [3.8, 4) is 0 Å². The van der Waals surface area contributed by atoms with Crippen molar-refractivity contribution in [2.75, 3.05) is 6.54 Å². The Bertz CT molecular complexity index is 347. The zero-order valence-electron chi connectivity index (χ0n) is 8.55. The van der Waals surface area contributed by atoms with E-state index in [0.29, 0.717) is 25.5 Å². The molecule has 0 saturated heterocycles. The van der Waals surface area contributed by atoms with Crippen LogP contribution in [-0.4, -0.2) is 6.54 Å². The summed E-state index contributed by atoms with van der Waals surface area (Å²) in [6.07, 6.45) is 1.05. The lowest BCUT2D eigenvalue weighted by atomic mass is 10.0. The summed E-state index contributed by atoms with van der Waals surface area (Å²) in [4.78, 5) is 0. The molecule has 1 rings (SSSR count). The van der Waals surface area contributed by atoms with Crippen LogP contribution in [0.5, 0.6) is 0 Å². The monoisotopic (exact) mass is 254 g/mol. The van der Waals surface area contributed by atoms with Crippen LogP contribution in [0.25, 0.3) is 0 Å². The fourth-order valence-electron chi connectivity index (χ4n) is 1.32.